The van der Waals surface area contributed by atoms with Crippen LogP contribution in [0.5, 0.6) is 0 Å². The number of esters is 1. The van der Waals surface area contributed by atoms with Crippen LogP contribution in [-0.2, 0) is 19.6 Å². The lowest BCUT2D eigenvalue weighted by atomic mass is 10.4. The first-order chi connectivity index (χ1) is 7.88. The van der Waals surface area contributed by atoms with Gasteiger partial charge in [0.05, 0.1) is 12.8 Å². The molecule has 0 saturated carbocycles. The summed E-state index contributed by atoms with van der Waals surface area (Å²) in [6.45, 7) is 1.22. The summed E-state index contributed by atoms with van der Waals surface area (Å²) in [5.74, 6) is -0.850. The molecule has 0 aliphatic rings. The lowest BCUT2D eigenvalue weighted by Gasteiger charge is -2.13. The molecule has 0 amide bonds. The maximum Gasteiger partial charge on any atom is 0.325 e. The van der Waals surface area contributed by atoms with E-state index in [-0.39, 0.29) is 10.8 Å². The average molecular weight is 279 g/mol. The molecule has 1 aromatic rings. The number of halogens is 1. The van der Waals surface area contributed by atoms with Crippen molar-refractivity contribution < 1.29 is 17.9 Å². The molecule has 1 aromatic heterocycles. The molecule has 1 heterocycles. The van der Waals surface area contributed by atoms with E-state index in [1.165, 1.54) is 25.3 Å². The van der Waals surface area contributed by atoms with Gasteiger partial charge >= 0.3 is 5.97 Å². The van der Waals surface area contributed by atoms with Crippen LogP contribution in [0.4, 0.5) is 5.69 Å². The fraction of sp³-hybridized carbons (Fsp3) is 0.333. The number of nitrogens with one attached hydrogen (secondary N) is 1. The van der Waals surface area contributed by atoms with Crippen LogP contribution in [0.1, 0.15) is 6.92 Å². The molecular weight excluding hydrogens is 268 g/mol. The third-order valence-corrected chi connectivity index (χ3v) is 3.94. The van der Waals surface area contributed by atoms with Gasteiger partial charge in [0.2, 0.25) is 10.0 Å². The van der Waals surface area contributed by atoms with E-state index in [0.29, 0.717) is 0 Å². The number of rotatable bonds is 4. The van der Waals surface area contributed by atoms with Crippen LogP contribution in [0.3, 0.4) is 0 Å². The Morgan fingerprint density at radius 1 is 1.59 bits per heavy atom. The Hall–Kier alpha value is -1.34. The van der Waals surface area contributed by atoms with E-state index in [9.17, 15) is 13.2 Å². The van der Waals surface area contributed by atoms with E-state index >= 15 is 0 Å². The first-order valence-electron chi connectivity index (χ1n) is 4.58. The second kappa shape index (κ2) is 5.33. The summed E-state index contributed by atoms with van der Waals surface area (Å²) >= 11 is 5.69. The maximum atomic E-state index is 11.8. The minimum absolute atomic E-state index is 0.00754. The number of hydrogen-bond donors (Lipinski definition) is 1. The number of nitrogens with zero attached hydrogens (tertiary/aromatic N) is 1. The molecule has 0 aliphatic carbocycles. The molecule has 1 unspecified atom stereocenters. The van der Waals surface area contributed by atoms with Gasteiger partial charge in [-0.3, -0.25) is 9.52 Å². The van der Waals surface area contributed by atoms with Crippen LogP contribution in [-0.4, -0.2) is 31.7 Å². The number of pyridine rings is 1. The number of ether oxygens (including phenoxy) is 1. The molecule has 0 bridgehead atoms. The van der Waals surface area contributed by atoms with Crippen LogP contribution in [0.15, 0.2) is 18.3 Å². The zero-order valence-corrected chi connectivity index (χ0v) is 10.7. The molecule has 6 nitrogen and oxygen atoms in total. The van der Waals surface area contributed by atoms with Gasteiger partial charge in [-0.2, -0.15) is 0 Å². The second-order valence-corrected chi connectivity index (χ2v) is 5.51. The zero-order chi connectivity index (χ0) is 13.1. The zero-order valence-electron chi connectivity index (χ0n) is 9.18. The topological polar surface area (TPSA) is 85.4 Å². The molecule has 1 atom stereocenters. The number of hydrogen-bond acceptors (Lipinski definition) is 5. The summed E-state index contributed by atoms with van der Waals surface area (Å²) in [6.07, 6.45) is 1.42. The first kappa shape index (κ1) is 13.7. The van der Waals surface area contributed by atoms with Crippen molar-refractivity contribution in [2.24, 2.45) is 0 Å². The number of carbonyl (C=O) groups is 1. The highest BCUT2D eigenvalue weighted by molar-refractivity contribution is 7.94. The molecule has 0 fully saturated rings. The van der Waals surface area contributed by atoms with Crippen molar-refractivity contribution >= 4 is 33.3 Å². The number of methoxy groups -OCH3 is 1. The summed E-state index contributed by atoms with van der Waals surface area (Å²) in [5, 5.41) is -1.32. The van der Waals surface area contributed by atoms with E-state index in [2.05, 4.69) is 14.4 Å². The molecule has 0 saturated heterocycles. The number of carbonyl (C=O) groups excluding carboxylic acids is 1. The lowest BCUT2D eigenvalue weighted by molar-refractivity contribution is -0.139. The predicted octanol–water partition coefficient (Wildman–Crippen LogP) is 1.04. The predicted molar refractivity (Wildman–Crippen MR) is 63.3 cm³/mol. The Morgan fingerprint density at radius 3 is 2.76 bits per heavy atom. The van der Waals surface area contributed by atoms with Gasteiger partial charge in [0, 0.05) is 6.20 Å². The molecule has 0 spiro atoms. The van der Waals surface area contributed by atoms with Crippen molar-refractivity contribution in [3.63, 3.8) is 0 Å². The molecule has 1 N–H and O–H groups in total. The van der Waals surface area contributed by atoms with Gasteiger partial charge in [-0.15, -0.1) is 0 Å². The minimum Gasteiger partial charge on any atom is -0.468 e. The maximum absolute atomic E-state index is 11.8. The van der Waals surface area contributed by atoms with E-state index in [0.717, 1.165) is 7.11 Å². The van der Waals surface area contributed by atoms with E-state index in [1.54, 1.807) is 0 Å². The van der Waals surface area contributed by atoms with Crippen LogP contribution in [0, 0.1) is 0 Å². The SMILES string of the molecule is COC(=O)C(C)S(=O)(=O)Nc1cccnc1Cl. The van der Waals surface area contributed by atoms with Gasteiger partial charge in [-0.05, 0) is 19.1 Å². The fourth-order valence-corrected chi connectivity index (χ4v) is 2.22. The van der Waals surface area contributed by atoms with Crippen molar-refractivity contribution in [2.75, 3.05) is 11.8 Å². The van der Waals surface area contributed by atoms with Gasteiger partial charge in [-0.1, -0.05) is 11.6 Å². The Labute approximate surface area is 104 Å². The molecule has 94 valence electrons. The van der Waals surface area contributed by atoms with E-state index in [1.807, 2.05) is 0 Å². The highest BCUT2D eigenvalue weighted by atomic mass is 35.5. The number of aromatic nitrogens is 1. The van der Waals surface area contributed by atoms with Gasteiger partial charge in [-0.25, -0.2) is 13.4 Å². The van der Waals surface area contributed by atoms with Crippen LogP contribution in [0.25, 0.3) is 0 Å². The summed E-state index contributed by atoms with van der Waals surface area (Å²) < 4.78 is 30.0. The third kappa shape index (κ3) is 3.31. The lowest BCUT2D eigenvalue weighted by Crippen LogP contribution is -2.33. The number of anilines is 1. The largest absolute Gasteiger partial charge is 0.468 e. The molecule has 0 aliphatic heterocycles. The van der Waals surface area contributed by atoms with Crippen molar-refractivity contribution in [1.29, 1.82) is 0 Å². The second-order valence-electron chi connectivity index (χ2n) is 3.15. The van der Waals surface area contributed by atoms with Crippen molar-refractivity contribution in [2.45, 2.75) is 12.2 Å². The summed E-state index contributed by atoms with van der Waals surface area (Å²) in [7, 11) is -2.78. The average Bonchev–Trinajstić information content (AvgIpc) is 2.30. The highest BCUT2D eigenvalue weighted by Crippen LogP contribution is 2.20. The Kier molecular flexibility index (Phi) is 4.30. The van der Waals surface area contributed by atoms with Crippen LogP contribution in [0.2, 0.25) is 5.15 Å². The quantitative estimate of drug-likeness (QED) is 0.657. The molecular formula is C9H11ClN2O4S. The van der Waals surface area contributed by atoms with Gasteiger partial charge in [0.25, 0.3) is 0 Å². The van der Waals surface area contributed by atoms with Crippen molar-refractivity contribution in [3.05, 3.63) is 23.5 Å². The van der Waals surface area contributed by atoms with Crippen molar-refractivity contribution in [1.82, 2.24) is 4.98 Å². The normalized spacial score (nSPS) is 12.9. The first-order valence-corrected chi connectivity index (χ1v) is 6.51. The molecule has 1 rings (SSSR count). The summed E-state index contributed by atoms with van der Waals surface area (Å²) in [5.41, 5.74) is 0.116. The summed E-state index contributed by atoms with van der Waals surface area (Å²) in [4.78, 5) is 14.9. The van der Waals surface area contributed by atoms with Gasteiger partial charge in [0.15, 0.2) is 10.4 Å². The Balaban J connectivity index is 2.95. The van der Waals surface area contributed by atoms with Crippen molar-refractivity contribution in [3.8, 4) is 0 Å². The highest BCUT2D eigenvalue weighted by Gasteiger charge is 2.29. The monoisotopic (exact) mass is 278 g/mol. The molecule has 0 aromatic carbocycles. The Morgan fingerprint density at radius 2 is 2.24 bits per heavy atom. The molecule has 0 radical (unpaired) electrons. The fourth-order valence-electron chi connectivity index (χ4n) is 0.996. The molecule has 8 heteroatoms. The molecule has 17 heavy (non-hydrogen) atoms. The Bertz CT molecular complexity index is 517. The number of sulfonamides is 1. The summed E-state index contributed by atoms with van der Waals surface area (Å²) in [6, 6.07) is 2.96. The van der Waals surface area contributed by atoms with E-state index in [4.69, 9.17) is 11.6 Å². The smallest absolute Gasteiger partial charge is 0.325 e. The van der Waals surface area contributed by atoms with Gasteiger partial charge in [0.1, 0.15) is 0 Å². The minimum atomic E-state index is -3.90. The standard InChI is InChI=1S/C9H11ClN2O4S/c1-6(9(13)16-2)17(14,15)12-7-4-3-5-11-8(7)10/h3-6,12H,1-2H3. The van der Waals surface area contributed by atoms with Gasteiger partial charge < -0.3 is 4.74 Å². The van der Waals surface area contributed by atoms with Crippen LogP contribution >= 0.6 is 11.6 Å². The van der Waals surface area contributed by atoms with E-state index < -0.39 is 21.2 Å². The van der Waals surface area contributed by atoms with Crippen LogP contribution < -0.4 is 4.72 Å². The third-order valence-electron chi connectivity index (χ3n) is 2.01.